The number of nitrogens with one attached hydrogen (secondary N) is 1. The lowest BCUT2D eigenvalue weighted by molar-refractivity contribution is -0.384. The first kappa shape index (κ1) is 14.0. The zero-order chi connectivity index (χ0) is 14.0. The van der Waals surface area contributed by atoms with Gasteiger partial charge in [0.15, 0.2) is 0 Å². The van der Waals surface area contributed by atoms with Crippen LogP contribution in [0.5, 0.6) is 0 Å². The Morgan fingerprint density at radius 3 is 2.74 bits per heavy atom. The van der Waals surface area contributed by atoms with Crippen LogP contribution in [0.2, 0.25) is 5.02 Å². The minimum Gasteiger partial charge on any atom is -0.377 e. The highest BCUT2D eigenvalue weighted by Gasteiger charge is 2.37. The van der Waals surface area contributed by atoms with E-state index in [0.717, 1.165) is 31.4 Å². The molecule has 0 unspecified atom stereocenters. The number of benzene rings is 1. The van der Waals surface area contributed by atoms with E-state index in [1.807, 2.05) is 0 Å². The highest BCUT2D eigenvalue weighted by molar-refractivity contribution is 6.31. The van der Waals surface area contributed by atoms with Crippen molar-refractivity contribution in [1.82, 2.24) is 0 Å². The molecule has 0 spiro atoms. The van der Waals surface area contributed by atoms with Gasteiger partial charge in [0.1, 0.15) is 11.5 Å². The molecule has 19 heavy (non-hydrogen) atoms. The van der Waals surface area contributed by atoms with Crippen molar-refractivity contribution >= 4 is 23.0 Å². The molecule has 0 heterocycles. The molecule has 1 aliphatic carbocycles. The van der Waals surface area contributed by atoms with Gasteiger partial charge >= 0.3 is 0 Å². The van der Waals surface area contributed by atoms with E-state index in [4.69, 9.17) is 16.3 Å². The van der Waals surface area contributed by atoms with E-state index >= 15 is 0 Å². The number of hydrogen-bond acceptors (Lipinski definition) is 4. The number of nitro groups is 1. The Morgan fingerprint density at radius 1 is 1.58 bits per heavy atom. The molecule has 0 atom stereocenters. The molecule has 0 aromatic heterocycles. The predicted molar refractivity (Wildman–Crippen MR) is 70.1 cm³/mol. The first-order valence-electron chi connectivity index (χ1n) is 5.90. The van der Waals surface area contributed by atoms with Crippen LogP contribution >= 0.6 is 11.6 Å². The minimum atomic E-state index is -0.685. The fourth-order valence-corrected chi connectivity index (χ4v) is 2.27. The predicted octanol–water partition coefficient (Wildman–Crippen LogP) is 3.37. The highest BCUT2D eigenvalue weighted by atomic mass is 35.5. The maximum Gasteiger partial charge on any atom is 0.294 e. The van der Waals surface area contributed by atoms with Crippen molar-refractivity contribution in [2.75, 3.05) is 19.0 Å². The van der Waals surface area contributed by atoms with Gasteiger partial charge in [-0.25, -0.2) is 4.39 Å². The topological polar surface area (TPSA) is 64.4 Å². The second-order valence-electron chi connectivity index (χ2n) is 4.63. The van der Waals surface area contributed by atoms with Gasteiger partial charge in [0.25, 0.3) is 5.69 Å². The molecule has 1 aromatic carbocycles. The van der Waals surface area contributed by atoms with Gasteiger partial charge in [-0.1, -0.05) is 11.6 Å². The fourth-order valence-electron chi connectivity index (χ4n) is 2.11. The lowest BCUT2D eigenvalue weighted by atomic mass is 9.80. The van der Waals surface area contributed by atoms with E-state index < -0.39 is 10.7 Å². The van der Waals surface area contributed by atoms with E-state index in [-0.39, 0.29) is 22.0 Å². The Balaban J connectivity index is 2.19. The average Bonchev–Trinajstić information content (AvgIpc) is 2.32. The van der Waals surface area contributed by atoms with Gasteiger partial charge in [-0.05, 0) is 19.3 Å². The van der Waals surface area contributed by atoms with Gasteiger partial charge in [-0.2, -0.15) is 0 Å². The third kappa shape index (κ3) is 2.79. The van der Waals surface area contributed by atoms with Crippen LogP contribution in [0.25, 0.3) is 0 Å². The molecule has 0 bridgehead atoms. The number of rotatable bonds is 5. The van der Waals surface area contributed by atoms with Crippen LogP contribution in [0.1, 0.15) is 19.3 Å². The van der Waals surface area contributed by atoms with Crippen molar-refractivity contribution in [2.45, 2.75) is 24.9 Å². The zero-order valence-corrected chi connectivity index (χ0v) is 11.2. The van der Waals surface area contributed by atoms with Crippen LogP contribution in [-0.2, 0) is 4.74 Å². The van der Waals surface area contributed by atoms with Crippen LogP contribution < -0.4 is 5.32 Å². The number of halogens is 2. The molecule has 1 aromatic rings. The van der Waals surface area contributed by atoms with Crippen molar-refractivity contribution in [3.05, 3.63) is 33.1 Å². The lowest BCUT2D eigenvalue weighted by Gasteiger charge is -2.40. The molecular weight excluding hydrogens is 275 g/mol. The number of ether oxygens (including phenoxy) is 1. The average molecular weight is 289 g/mol. The van der Waals surface area contributed by atoms with Gasteiger partial charge in [0, 0.05) is 25.8 Å². The number of anilines is 1. The molecule has 7 heteroatoms. The monoisotopic (exact) mass is 288 g/mol. The number of hydrogen-bond donors (Lipinski definition) is 1. The molecule has 1 N–H and O–H groups in total. The summed E-state index contributed by atoms with van der Waals surface area (Å²) in [5.41, 5.74) is -0.420. The molecule has 0 radical (unpaired) electrons. The van der Waals surface area contributed by atoms with Gasteiger partial charge in [0.2, 0.25) is 0 Å². The summed E-state index contributed by atoms with van der Waals surface area (Å²) in [5.74, 6) is -0.685. The number of methoxy groups -OCH3 is 1. The first-order chi connectivity index (χ1) is 8.97. The molecule has 5 nitrogen and oxygen atoms in total. The smallest absolute Gasteiger partial charge is 0.294 e. The Hall–Kier alpha value is -1.40. The van der Waals surface area contributed by atoms with E-state index in [2.05, 4.69) is 5.32 Å². The largest absolute Gasteiger partial charge is 0.377 e. The fraction of sp³-hybridized carbons (Fsp3) is 0.500. The first-order valence-corrected chi connectivity index (χ1v) is 6.28. The van der Waals surface area contributed by atoms with Crippen LogP contribution in [0.4, 0.5) is 15.8 Å². The molecule has 2 rings (SSSR count). The van der Waals surface area contributed by atoms with Crippen LogP contribution in [0.15, 0.2) is 12.1 Å². The summed E-state index contributed by atoms with van der Waals surface area (Å²) in [7, 11) is 1.61. The lowest BCUT2D eigenvalue weighted by Crippen LogP contribution is -2.45. The second-order valence-corrected chi connectivity index (χ2v) is 5.04. The summed E-state index contributed by atoms with van der Waals surface area (Å²) in [6, 6.07) is 2.06. The maximum absolute atomic E-state index is 13.4. The summed E-state index contributed by atoms with van der Waals surface area (Å²) in [6.45, 7) is 0.408. The van der Waals surface area contributed by atoms with Gasteiger partial charge < -0.3 is 10.1 Å². The standard InChI is InChI=1S/C12H14ClFN2O3/c1-19-12(3-2-4-12)7-15-10-6-9(14)8(13)5-11(10)16(17)18/h5-6,15H,2-4,7H2,1H3. The molecule has 0 amide bonds. The van der Waals surface area contributed by atoms with Gasteiger partial charge in [-0.3, -0.25) is 10.1 Å². The Labute approximate surface area is 114 Å². The Kier molecular flexibility index (Phi) is 3.91. The zero-order valence-electron chi connectivity index (χ0n) is 10.4. The van der Waals surface area contributed by atoms with Gasteiger partial charge in [0.05, 0.1) is 15.5 Å². The maximum atomic E-state index is 13.4. The van der Waals surface area contributed by atoms with E-state index in [1.165, 1.54) is 0 Å². The van der Waals surface area contributed by atoms with Gasteiger partial charge in [-0.15, -0.1) is 0 Å². The van der Waals surface area contributed by atoms with E-state index in [1.54, 1.807) is 7.11 Å². The molecule has 104 valence electrons. The van der Waals surface area contributed by atoms with E-state index in [0.29, 0.717) is 6.54 Å². The third-order valence-electron chi connectivity index (χ3n) is 3.53. The normalized spacial score (nSPS) is 16.8. The molecule has 1 aliphatic rings. The summed E-state index contributed by atoms with van der Waals surface area (Å²) < 4.78 is 18.8. The summed E-state index contributed by atoms with van der Waals surface area (Å²) in [4.78, 5) is 10.3. The van der Waals surface area contributed by atoms with Crippen molar-refractivity contribution in [3.8, 4) is 0 Å². The SMILES string of the molecule is COC1(CNc2cc(F)c(Cl)cc2[N+](=O)[O-])CCC1. The van der Waals surface area contributed by atoms with Crippen LogP contribution in [-0.4, -0.2) is 24.2 Å². The highest BCUT2D eigenvalue weighted by Crippen LogP contribution is 2.36. The van der Waals surface area contributed by atoms with Crippen molar-refractivity contribution in [2.24, 2.45) is 0 Å². The summed E-state index contributed by atoms with van der Waals surface area (Å²) >= 11 is 5.55. The molecule has 0 saturated heterocycles. The van der Waals surface area contributed by atoms with Crippen molar-refractivity contribution in [1.29, 1.82) is 0 Å². The second kappa shape index (κ2) is 5.30. The molecule has 1 fully saturated rings. The minimum absolute atomic E-state index is 0.121. The molecule has 0 aliphatic heterocycles. The van der Waals surface area contributed by atoms with Crippen molar-refractivity contribution < 1.29 is 14.1 Å². The quantitative estimate of drug-likeness (QED) is 0.666. The number of nitrogens with zero attached hydrogens (tertiary/aromatic N) is 1. The van der Waals surface area contributed by atoms with E-state index in [9.17, 15) is 14.5 Å². The molecular formula is C12H14ClFN2O3. The Bertz CT molecular complexity index is 500. The Morgan fingerprint density at radius 2 is 2.26 bits per heavy atom. The summed E-state index contributed by atoms with van der Waals surface area (Å²) in [6.07, 6.45) is 2.84. The van der Waals surface area contributed by atoms with Crippen LogP contribution in [0, 0.1) is 15.9 Å². The summed E-state index contributed by atoms with van der Waals surface area (Å²) in [5, 5.41) is 13.5. The van der Waals surface area contributed by atoms with Crippen molar-refractivity contribution in [3.63, 3.8) is 0 Å². The molecule has 1 saturated carbocycles. The van der Waals surface area contributed by atoms with Crippen LogP contribution in [0.3, 0.4) is 0 Å². The number of nitro benzene ring substituents is 1. The third-order valence-corrected chi connectivity index (χ3v) is 3.82.